The lowest BCUT2D eigenvalue weighted by molar-refractivity contribution is -0.136. The van der Waals surface area contributed by atoms with Crippen molar-refractivity contribution in [2.45, 2.75) is 39.8 Å². The molecule has 2 amide bonds. The van der Waals surface area contributed by atoms with E-state index in [2.05, 4.69) is 5.32 Å². The average molecular weight is 344 g/mol. The first kappa shape index (κ1) is 18.6. The number of benzene rings is 1. The number of carbonyl (C=O) groups is 2. The summed E-state index contributed by atoms with van der Waals surface area (Å²) >= 11 is 0. The SMILES string of the molecule is CC(C)N(C(=O)COc1ccc(NC(=O)c2ccco2)cc1)C(C)C. The van der Waals surface area contributed by atoms with Gasteiger partial charge in [-0.05, 0) is 64.1 Å². The molecule has 25 heavy (non-hydrogen) atoms. The second-order valence-electron chi connectivity index (χ2n) is 6.23. The van der Waals surface area contributed by atoms with Gasteiger partial charge < -0.3 is 19.4 Å². The van der Waals surface area contributed by atoms with Crippen LogP contribution < -0.4 is 10.1 Å². The van der Waals surface area contributed by atoms with Crippen LogP contribution >= 0.6 is 0 Å². The van der Waals surface area contributed by atoms with Crippen LogP contribution in [0.3, 0.4) is 0 Å². The van der Waals surface area contributed by atoms with Crippen molar-refractivity contribution >= 4 is 17.5 Å². The molecule has 0 aliphatic heterocycles. The molecule has 1 aromatic heterocycles. The van der Waals surface area contributed by atoms with E-state index in [9.17, 15) is 9.59 Å². The molecule has 2 rings (SSSR count). The van der Waals surface area contributed by atoms with E-state index in [1.54, 1.807) is 41.3 Å². The van der Waals surface area contributed by atoms with Crippen molar-refractivity contribution < 1.29 is 18.7 Å². The Labute approximate surface area is 147 Å². The molecule has 1 heterocycles. The second-order valence-corrected chi connectivity index (χ2v) is 6.23. The molecule has 0 spiro atoms. The number of hydrogen-bond acceptors (Lipinski definition) is 4. The molecule has 6 nitrogen and oxygen atoms in total. The van der Waals surface area contributed by atoms with Crippen molar-refractivity contribution in [1.82, 2.24) is 4.90 Å². The van der Waals surface area contributed by atoms with Gasteiger partial charge in [-0.15, -0.1) is 0 Å². The maximum Gasteiger partial charge on any atom is 0.291 e. The van der Waals surface area contributed by atoms with E-state index in [1.165, 1.54) is 6.26 Å². The Morgan fingerprint density at radius 1 is 1.08 bits per heavy atom. The normalized spacial score (nSPS) is 10.8. The number of amides is 2. The molecule has 0 aliphatic carbocycles. The van der Waals surface area contributed by atoms with Gasteiger partial charge in [0.2, 0.25) is 0 Å². The van der Waals surface area contributed by atoms with E-state index in [4.69, 9.17) is 9.15 Å². The number of nitrogens with zero attached hydrogens (tertiary/aromatic N) is 1. The molecule has 0 radical (unpaired) electrons. The summed E-state index contributed by atoms with van der Waals surface area (Å²) in [7, 11) is 0. The van der Waals surface area contributed by atoms with Gasteiger partial charge in [-0.2, -0.15) is 0 Å². The minimum absolute atomic E-state index is 0.0194. The van der Waals surface area contributed by atoms with Gasteiger partial charge in [-0.1, -0.05) is 0 Å². The summed E-state index contributed by atoms with van der Waals surface area (Å²) in [4.78, 5) is 26.0. The Balaban J connectivity index is 1.90. The number of carbonyl (C=O) groups excluding carboxylic acids is 2. The molecule has 6 heteroatoms. The number of furan rings is 1. The van der Waals surface area contributed by atoms with Crippen molar-refractivity contribution in [2.24, 2.45) is 0 Å². The largest absolute Gasteiger partial charge is 0.484 e. The molecular weight excluding hydrogens is 320 g/mol. The van der Waals surface area contributed by atoms with E-state index in [0.717, 1.165) is 0 Å². The van der Waals surface area contributed by atoms with E-state index in [0.29, 0.717) is 11.4 Å². The topological polar surface area (TPSA) is 71.8 Å². The van der Waals surface area contributed by atoms with Crippen LogP contribution in [0.2, 0.25) is 0 Å². The summed E-state index contributed by atoms with van der Waals surface area (Å²) in [5.74, 6) is 0.434. The Kier molecular flexibility index (Phi) is 6.22. The lowest BCUT2D eigenvalue weighted by Crippen LogP contribution is -2.44. The molecule has 0 unspecified atom stereocenters. The number of nitrogens with one attached hydrogen (secondary N) is 1. The van der Waals surface area contributed by atoms with Gasteiger partial charge in [0.05, 0.1) is 6.26 Å². The molecule has 1 N–H and O–H groups in total. The standard InChI is InChI=1S/C19H24N2O4/c1-13(2)21(14(3)4)18(22)12-25-16-9-7-15(8-10-16)20-19(23)17-6-5-11-24-17/h5-11,13-14H,12H2,1-4H3,(H,20,23). The van der Waals surface area contributed by atoms with E-state index in [1.807, 2.05) is 27.7 Å². The van der Waals surface area contributed by atoms with E-state index in [-0.39, 0.29) is 36.3 Å². The minimum atomic E-state index is -0.321. The first-order valence-electron chi connectivity index (χ1n) is 8.27. The molecule has 2 aromatic rings. The summed E-state index contributed by atoms with van der Waals surface area (Å²) in [5.41, 5.74) is 0.617. The first-order chi connectivity index (χ1) is 11.9. The lowest BCUT2D eigenvalue weighted by atomic mass is 10.2. The Hall–Kier alpha value is -2.76. The zero-order valence-corrected chi connectivity index (χ0v) is 15.0. The fourth-order valence-electron chi connectivity index (χ4n) is 2.63. The summed E-state index contributed by atoms with van der Waals surface area (Å²) in [5, 5.41) is 2.72. The van der Waals surface area contributed by atoms with Gasteiger partial charge >= 0.3 is 0 Å². The lowest BCUT2D eigenvalue weighted by Gasteiger charge is -2.30. The predicted molar refractivity (Wildman–Crippen MR) is 95.7 cm³/mol. The highest BCUT2D eigenvalue weighted by Crippen LogP contribution is 2.17. The van der Waals surface area contributed by atoms with Crippen LogP contribution in [0, 0.1) is 0 Å². The van der Waals surface area contributed by atoms with Gasteiger partial charge in [0.15, 0.2) is 12.4 Å². The summed E-state index contributed by atoms with van der Waals surface area (Å²) < 4.78 is 10.6. The van der Waals surface area contributed by atoms with E-state index < -0.39 is 0 Å². The van der Waals surface area contributed by atoms with Crippen LogP contribution in [-0.4, -0.2) is 35.4 Å². The van der Waals surface area contributed by atoms with Gasteiger partial charge in [0.25, 0.3) is 11.8 Å². The van der Waals surface area contributed by atoms with Crippen LogP contribution in [0.5, 0.6) is 5.75 Å². The molecule has 134 valence electrons. The zero-order chi connectivity index (χ0) is 18.4. The molecule has 0 fully saturated rings. The highest BCUT2D eigenvalue weighted by Gasteiger charge is 2.20. The molecular formula is C19H24N2O4. The molecule has 0 aliphatic rings. The number of ether oxygens (including phenoxy) is 1. The minimum Gasteiger partial charge on any atom is -0.484 e. The predicted octanol–water partition coefficient (Wildman–Crippen LogP) is 3.56. The number of anilines is 1. The first-order valence-corrected chi connectivity index (χ1v) is 8.27. The highest BCUT2D eigenvalue weighted by atomic mass is 16.5. The van der Waals surface area contributed by atoms with Crippen LogP contribution in [-0.2, 0) is 4.79 Å². The van der Waals surface area contributed by atoms with Crippen molar-refractivity contribution in [1.29, 1.82) is 0 Å². The number of hydrogen-bond donors (Lipinski definition) is 1. The van der Waals surface area contributed by atoms with Crippen molar-refractivity contribution in [3.8, 4) is 5.75 Å². The summed E-state index contributed by atoms with van der Waals surface area (Å²) in [6.07, 6.45) is 1.44. The average Bonchev–Trinajstić information content (AvgIpc) is 3.08. The van der Waals surface area contributed by atoms with E-state index >= 15 is 0 Å². The quantitative estimate of drug-likeness (QED) is 0.834. The van der Waals surface area contributed by atoms with Crippen molar-refractivity contribution in [3.05, 3.63) is 48.4 Å². The van der Waals surface area contributed by atoms with Gasteiger partial charge in [0, 0.05) is 17.8 Å². The van der Waals surface area contributed by atoms with Crippen molar-refractivity contribution in [2.75, 3.05) is 11.9 Å². The third-order valence-electron chi connectivity index (χ3n) is 3.62. The molecule has 0 saturated carbocycles. The highest BCUT2D eigenvalue weighted by molar-refractivity contribution is 6.02. The molecule has 0 saturated heterocycles. The van der Waals surface area contributed by atoms with Crippen LogP contribution in [0.25, 0.3) is 0 Å². The van der Waals surface area contributed by atoms with Crippen LogP contribution in [0.15, 0.2) is 47.1 Å². The smallest absolute Gasteiger partial charge is 0.291 e. The third kappa shape index (κ3) is 5.11. The van der Waals surface area contributed by atoms with Crippen molar-refractivity contribution in [3.63, 3.8) is 0 Å². The maximum absolute atomic E-state index is 12.3. The second kappa shape index (κ2) is 8.37. The molecule has 0 atom stereocenters. The maximum atomic E-state index is 12.3. The van der Waals surface area contributed by atoms with Gasteiger partial charge in [-0.25, -0.2) is 0 Å². The van der Waals surface area contributed by atoms with Gasteiger partial charge in [-0.3, -0.25) is 9.59 Å². The monoisotopic (exact) mass is 344 g/mol. The Morgan fingerprint density at radius 3 is 2.24 bits per heavy atom. The summed E-state index contributed by atoms with van der Waals surface area (Å²) in [6, 6.07) is 10.3. The van der Waals surface area contributed by atoms with Gasteiger partial charge in [0.1, 0.15) is 5.75 Å². The fourth-order valence-corrected chi connectivity index (χ4v) is 2.63. The Morgan fingerprint density at radius 2 is 1.72 bits per heavy atom. The third-order valence-corrected chi connectivity index (χ3v) is 3.62. The molecule has 1 aromatic carbocycles. The van der Waals surface area contributed by atoms with Crippen LogP contribution in [0.4, 0.5) is 5.69 Å². The number of rotatable bonds is 7. The fraction of sp³-hybridized carbons (Fsp3) is 0.368. The summed E-state index contributed by atoms with van der Waals surface area (Å²) in [6.45, 7) is 7.90. The Bertz CT molecular complexity index is 683. The zero-order valence-electron chi connectivity index (χ0n) is 15.0. The van der Waals surface area contributed by atoms with Crippen LogP contribution in [0.1, 0.15) is 38.2 Å². The molecule has 0 bridgehead atoms.